The molecule has 0 aliphatic carbocycles. The lowest BCUT2D eigenvalue weighted by Gasteiger charge is -2.14. The number of aliphatic hydroxyl groups is 2. The van der Waals surface area contributed by atoms with Crippen LogP contribution >= 0.6 is 0 Å². The molecule has 0 spiro atoms. The Kier molecular flexibility index (Phi) is 21.9. The van der Waals surface area contributed by atoms with Crippen molar-refractivity contribution in [1.29, 1.82) is 0 Å². The van der Waals surface area contributed by atoms with E-state index in [-0.39, 0.29) is 45.3 Å². The van der Waals surface area contributed by atoms with Gasteiger partial charge in [0.25, 0.3) is 0 Å². The highest BCUT2D eigenvalue weighted by atomic mass is 16.6. The summed E-state index contributed by atoms with van der Waals surface area (Å²) in [5, 5.41) is 17.3. The molecule has 0 radical (unpaired) electrons. The fourth-order valence-electron chi connectivity index (χ4n) is 1.16. The first-order valence-corrected chi connectivity index (χ1v) is 7.67. The second kappa shape index (κ2) is 18.9. The van der Waals surface area contributed by atoms with Gasteiger partial charge in [-0.05, 0) is 13.3 Å². The smallest absolute Gasteiger partial charge is 0.305 e. The number of aliphatic hydroxyl groups excluding tert-OH is 2. The summed E-state index contributed by atoms with van der Waals surface area (Å²) in [6, 6.07) is 0. The summed E-state index contributed by atoms with van der Waals surface area (Å²) >= 11 is 0. The fourth-order valence-corrected chi connectivity index (χ4v) is 1.16. The Hall–Kier alpha value is -1.18. The summed E-state index contributed by atoms with van der Waals surface area (Å²) in [6.45, 7) is 7.69. The van der Waals surface area contributed by atoms with Gasteiger partial charge >= 0.3 is 11.9 Å². The van der Waals surface area contributed by atoms with E-state index < -0.39 is 6.10 Å². The van der Waals surface area contributed by atoms with Crippen LogP contribution in [-0.4, -0.2) is 60.8 Å². The third-order valence-electron chi connectivity index (χ3n) is 2.54. The van der Waals surface area contributed by atoms with Crippen molar-refractivity contribution < 1.29 is 34.0 Å². The van der Waals surface area contributed by atoms with Crippen LogP contribution in [0.2, 0.25) is 0 Å². The number of hydrogen-bond donors (Lipinski definition) is 2. The summed E-state index contributed by atoms with van der Waals surface area (Å²) in [6.07, 6.45) is 0.534. The van der Waals surface area contributed by atoms with Crippen molar-refractivity contribution in [2.75, 3.05) is 26.4 Å². The van der Waals surface area contributed by atoms with E-state index in [1.54, 1.807) is 13.8 Å². The van der Waals surface area contributed by atoms with E-state index in [9.17, 15) is 9.59 Å². The Labute approximate surface area is 139 Å². The van der Waals surface area contributed by atoms with Gasteiger partial charge in [-0.2, -0.15) is 0 Å². The summed E-state index contributed by atoms with van der Waals surface area (Å²) < 4.78 is 14.6. The molecule has 0 rings (SSSR count). The molecular formula is C16H34O7. The molecule has 0 heterocycles. The van der Waals surface area contributed by atoms with Gasteiger partial charge in [-0.15, -0.1) is 0 Å². The summed E-state index contributed by atoms with van der Waals surface area (Å²) in [7, 11) is 0. The van der Waals surface area contributed by atoms with Crippen LogP contribution < -0.4 is 0 Å². The van der Waals surface area contributed by atoms with Crippen molar-refractivity contribution in [3.63, 3.8) is 0 Å². The molecule has 2 atom stereocenters. The lowest BCUT2D eigenvalue weighted by molar-refractivity contribution is -0.154. The van der Waals surface area contributed by atoms with E-state index in [2.05, 4.69) is 0 Å². The van der Waals surface area contributed by atoms with Crippen LogP contribution in [0.3, 0.4) is 0 Å². The Morgan fingerprint density at radius 2 is 1.30 bits per heavy atom. The quantitative estimate of drug-likeness (QED) is 0.584. The molecule has 2 unspecified atom stereocenters. The SMILES string of the molecule is C.CCC(=O)OC(CC)CO.CCOCC(CO)OC(=O)CC. The van der Waals surface area contributed by atoms with Crippen LogP contribution in [0.15, 0.2) is 0 Å². The van der Waals surface area contributed by atoms with Crippen molar-refractivity contribution >= 4 is 11.9 Å². The van der Waals surface area contributed by atoms with Crippen LogP contribution in [0.4, 0.5) is 0 Å². The summed E-state index contributed by atoms with van der Waals surface area (Å²) in [5.41, 5.74) is 0. The molecule has 0 saturated heterocycles. The Balaban J connectivity index is -0.000000338. The lowest BCUT2D eigenvalue weighted by Crippen LogP contribution is -2.26. The van der Waals surface area contributed by atoms with Crippen molar-refractivity contribution in [1.82, 2.24) is 0 Å². The van der Waals surface area contributed by atoms with Crippen LogP contribution in [-0.2, 0) is 23.8 Å². The van der Waals surface area contributed by atoms with Crippen LogP contribution in [0.25, 0.3) is 0 Å². The first-order valence-electron chi connectivity index (χ1n) is 7.67. The van der Waals surface area contributed by atoms with Gasteiger partial charge in [-0.1, -0.05) is 28.2 Å². The molecular weight excluding hydrogens is 304 g/mol. The number of rotatable bonds is 10. The van der Waals surface area contributed by atoms with Crippen molar-refractivity contribution in [3.8, 4) is 0 Å². The lowest BCUT2D eigenvalue weighted by atomic mass is 10.3. The maximum Gasteiger partial charge on any atom is 0.305 e. The maximum atomic E-state index is 10.8. The van der Waals surface area contributed by atoms with Gasteiger partial charge < -0.3 is 24.4 Å². The first kappa shape index (κ1) is 26.7. The van der Waals surface area contributed by atoms with E-state index in [0.29, 0.717) is 25.9 Å². The highest BCUT2D eigenvalue weighted by molar-refractivity contribution is 5.69. The third-order valence-corrected chi connectivity index (χ3v) is 2.54. The Morgan fingerprint density at radius 3 is 1.61 bits per heavy atom. The van der Waals surface area contributed by atoms with Gasteiger partial charge in [0.05, 0.1) is 19.8 Å². The average Bonchev–Trinajstić information content (AvgIpc) is 2.56. The van der Waals surface area contributed by atoms with Gasteiger partial charge in [-0.3, -0.25) is 9.59 Å². The second-order valence-electron chi connectivity index (χ2n) is 4.36. The number of esters is 2. The molecule has 23 heavy (non-hydrogen) atoms. The molecule has 7 nitrogen and oxygen atoms in total. The molecule has 0 aromatic carbocycles. The molecule has 0 aromatic rings. The van der Waals surface area contributed by atoms with Crippen molar-refractivity contribution in [2.45, 2.75) is 66.6 Å². The topological polar surface area (TPSA) is 102 Å². The van der Waals surface area contributed by atoms with Gasteiger partial charge in [0.15, 0.2) is 0 Å². The largest absolute Gasteiger partial charge is 0.460 e. The predicted octanol–water partition coefficient (Wildman–Crippen LogP) is 1.68. The standard InChI is InChI=1S/C8H16O4.C7H14O3.CH4/c1-3-8(10)12-7(5-9)6-11-4-2;1-3-6(5-8)10-7(9)4-2;/h7,9H,3-6H2,1-2H3;6,8H,3-5H2,1-2H3;1H4. The van der Waals surface area contributed by atoms with Gasteiger partial charge in [0.2, 0.25) is 0 Å². The number of carbonyl (C=O) groups is 2. The molecule has 0 aromatic heterocycles. The van der Waals surface area contributed by atoms with E-state index in [1.165, 1.54) is 0 Å². The summed E-state index contributed by atoms with van der Waals surface area (Å²) in [5.74, 6) is -0.561. The van der Waals surface area contributed by atoms with Crippen LogP contribution in [0.1, 0.15) is 54.4 Å². The number of hydrogen-bond acceptors (Lipinski definition) is 7. The maximum absolute atomic E-state index is 10.8. The minimum absolute atomic E-state index is 0. The minimum Gasteiger partial charge on any atom is -0.460 e. The third kappa shape index (κ3) is 17.0. The van der Waals surface area contributed by atoms with Crippen molar-refractivity contribution in [2.24, 2.45) is 0 Å². The van der Waals surface area contributed by atoms with Crippen LogP contribution in [0.5, 0.6) is 0 Å². The van der Waals surface area contributed by atoms with E-state index in [1.807, 2.05) is 13.8 Å². The zero-order chi connectivity index (χ0) is 17.4. The van der Waals surface area contributed by atoms with E-state index >= 15 is 0 Å². The molecule has 0 fully saturated rings. The fraction of sp³-hybridized carbons (Fsp3) is 0.875. The zero-order valence-electron chi connectivity index (χ0n) is 14.0. The highest BCUT2D eigenvalue weighted by Crippen LogP contribution is 1.98. The Morgan fingerprint density at radius 1 is 0.870 bits per heavy atom. The molecule has 0 aliphatic rings. The Bertz CT molecular complexity index is 278. The monoisotopic (exact) mass is 338 g/mol. The summed E-state index contributed by atoms with van der Waals surface area (Å²) in [4.78, 5) is 21.4. The molecule has 140 valence electrons. The predicted molar refractivity (Wildman–Crippen MR) is 88.0 cm³/mol. The highest BCUT2D eigenvalue weighted by Gasteiger charge is 2.11. The van der Waals surface area contributed by atoms with Gasteiger partial charge in [0, 0.05) is 19.4 Å². The molecule has 0 amide bonds. The number of ether oxygens (including phenoxy) is 3. The molecule has 7 heteroatoms. The van der Waals surface area contributed by atoms with Crippen molar-refractivity contribution in [3.05, 3.63) is 0 Å². The zero-order valence-corrected chi connectivity index (χ0v) is 14.0. The first-order chi connectivity index (χ1) is 10.5. The van der Waals surface area contributed by atoms with Crippen LogP contribution in [0, 0.1) is 0 Å². The average molecular weight is 338 g/mol. The number of carbonyl (C=O) groups excluding carboxylic acids is 2. The van der Waals surface area contributed by atoms with E-state index in [0.717, 1.165) is 0 Å². The second-order valence-corrected chi connectivity index (χ2v) is 4.36. The van der Waals surface area contributed by atoms with Gasteiger partial charge in [0.1, 0.15) is 12.2 Å². The molecule has 0 saturated carbocycles. The minimum atomic E-state index is -0.516. The molecule has 0 bridgehead atoms. The normalized spacial score (nSPS) is 12.1. The molecule has 0 aliphatic heterocycles. The molecule has 2 N–H and O–H groups in total. The van der Waals surface area contributed by atoms with Gasteiger partial charge in [-0.25, -0.2) is 0 Å². The van der Waals surface area contributed by atoms with E-state index in [4.69, 9.17) is 24.4 Å².